The molecule has 1 fully saturated rings. The van der Waals surface area contributed by atoms with Crippen molar-refractivity contribution in [1.82, 2.24) is 0 Å². The first-order valence-corrected chi connectivity index (χ1v) is 5.74. The summed E-state index contributed by atoms with van der Waals surface area (Å²) in [5, 5.41) is 8.82. The molecule has 16 heavy (non-hydrogen) atoms. The molecule has 1 saturated carbocycles. The van der Waals surface area contributed by atoms with Gasteiger partial charge in [0, 0.05) is 0 Å². The van der Waals surface area contributed by atoms with Crippen LogP contribution in [0.25, 0.3) is 0 Å². The summed E-state index contributed by atoms with van der Waals surface area (Å²) in [4.78, 5) is 10.7. The molecular formula is C13H17NO2. The van der Waals surface area contributed by atoms with Gasteiger partial charge in [0.25, 0.3) is 0 Å². The van der Waals surface area contributed by atoms with Crippen LogP contribution in [0.3, 0.4) is 0 Å². The van der Waals surface area contributed by atoms with Gasteiger partial charge in [-0.2, -0.15) is 0 Å². The van der Waals surface area contributed by atoms with E-state index in [1.54, 1.807) is 0 Å². The van der Waals surface area contributed by atoms with Crippen LogP contribution in [0.15, 0.2) is 24.3 Å². The SMILES string of the molecule is NC(Cc1ccccc1C1CCC1)C(=O)O. The van der Waals surface area contributed by atoms with Gasteiger partial charge in [-0.1, -0.05) is 30.7 Å². The Morgan fingerprint density at radius 2 is 2.12 bits per heavy atom. The van der Waals surface area contributed by atoms with Crippen LogP contribution in [0.4, 0.5) is 0 Å². The van der Waals surface area contributed by atoms with Crippen molar-refractivity contribution in [2.45, 2.75) is 37.6 Å². The Morgan fingerprint density at radius 1 is 1.44 bits per heavy atom. The van der Waals surface area contributed by atoms with Gasteiger partial charge < -0.3 is 10.8 Å². The minimum atomic E-state index is -0.927. The smallest absolute Gasteiger partial charge is 0.320 e. The number of rotatable bonds is 4. The van der Waals surface area contributed by atoms with Crippen LogP contribution >= 0.6 is 0 Å². The molecular weight excluding hydrogens is 202 g/mol. The zero-order valence-electron chi connectivity index (χ0n) is 9.23. The fraction of sp³-hybridized carbons (Fsp3) is 0.462. The largest absolute Gasteiger partial charge is 0.480 e. The van der Waals surface area contributed by atoms with E-state index in [-0.39, 0.29) is 0 Å². The molecule has 1 aliphatic carbocycles. The quantitative estimate of drug-likeness (QED) is 0.813. The summed E-state index contributed by atoms with van der Waals surface area (Å²) in [5.74, 6) is -0.305. The van der Waals surface area contributed by atoms with E-state index in [2.05, 4.69) is 6.07 Å². The van der Waals surface area contributed by atoms with Crippen molar-refractivity contribution in [2.75, 3.05) is 0 Å². The van der Waals surface area contributed by atoms with E-state index >= 15 is 0 Å². The third-order valence-corrected chi connectivity index (χ3v) is 3.36. The highest BCUT2D eigenvalue weighted by atomic mass is 16.4. The van der Waals surface area contributed by atoms with Gasteiger partial charge in [0.05, 0.1) is 0 Å². The van der Waals surface area contributed by atoms with E-state index in [4.69, 9.17) is 10.8 Å². The van der Waals surface area contributed by atoms with Crippen molar-refractivity contribution in [3.8, 4) is 0 Å². The zero-order valence-corrected chi connectivity index (χ0v) is 9.23. The standard InChI is InChI=1S/C13H17NO2/c14-12(13(15)16)8-10-4-1-2-7-11(10)9-5-3-6-9/h1-2,4,7,9,12H,3,5-6,8,14H2,(H,15,16). The molecule has 86 valence electrons. The Hall–Kier alpha value is -1.35. The lowest BCUT2D eigenvalue weighted by atomic mass is 9.77. The second kappa shape index (κ2) is 4.66. The molecule has 3 heteroatoms. The number of aliphatic carboxylic acids is 1. The third-order valence-electron chi connectivity index (χ3n) is 3.36. The highest BCUT2D eigenvalue weighted by Crippen LogP contribution is 2.38. The summed E-state index contributed by atoms with van der Waals surface area (Å²) in [6.07, 6.45) is 4.16. The van der Waals surface area contributed by atoms with Crippen LogP contribution < -0.4 is 5.73 Å². The first-order valence-electron chi connectivity index (χ1n) is 5.74. The van der Waals surface area contributed by atoms with E-state index in [1.807, 2.05) is 18.2 Å². The molecule has 0 heterocycles. The van der Waals surface area contributed by atoms with E-state index in [9.17, 15) is 4.79 Å². The summed E-state index contributed by atoms with van der Waals surface area (Å²) < 4.78 is 0. The molecule has 1 aromatic rings. The number of hydrogen-bond donors (Lipinski definition) is 2. The molecule has 3 N–H and O–H groups in total. The van der Waals surface area contributed by atoms with Crippen LogP contribution in [0.5, 0.6) is 0 Å². The molecule has 0 aliphatic heterocycles. The van der Waals surface area contributed by atoms with E-state index in [0.717, 1.165) is 5.56 Å². The summed E-state index contributed by atoms with van der Waals surface area (Å²) in [6.45, 7) is 0. The van der Waals surface area contributed by atoms with Crippen molar-refractivity contribution in [1.29, 1.82) is 0 Å². The summed E-state index contributed by atoms with van der Waals surface area (Å²) in [6, 6.07) is 7.28. The lowest BCUT2D eigenvalue weighted by Gasteiger charge is -2.28. The molecule has 1 aromatic carbocycles. The summed E-state index contributed by atoms with van der Waals surface area (Å²) >= 11 is 0. The normalized spacial score (nSPS) is 17.8. The van der Waals surface area contributed by atoms with Gasteiger partial charge in [-0.3, -0.25) is 4.79 Å². The molecule has 0 radical (unpaired) electrons. The predicted octanol–water partition coefficient (Wildman–Crippen LogP) is 1.91. The number of carboxylic acids is 1. The van der Waals surface area contributed by atoms with Gasteiger partial charge in [-0.15, -0.1) is 0 Å². The van der Waals surface area contributed by atoms with Crippen molar-refractivity contribution in [3.63, 3.8) is 0 Å². The topological polar surface area (TPSA) is 63.3 Å². The average molecular weight is 219 g/mol. The fourth-order valence-corrected chi connectivity index (χ4v) is 2.16. The minimum absolute atomic E-state index is 0.433. The average Bonchev–Trinajstić information content (AvgIpc) is 2.18. The number of nitrogens with two attached hydrogens (primary N) is 1. The second-order valence-corrected chi connectivity index (χ2v) is 4.48. The van der Waals surface area contributed by atoms with E-state index in [1.165, 1.54) is 24.8 Å². The monoisotopic (exact) mass is 219 g/mol. The van der Waals surface area contributed by atoms with Crippen molar-refractivity contribution in [2.24, 2.45) is 5.73 Å². The van der Waals surface area contributed by atoms with Crippen LogP contribution in [0.2, 0.25) is 0 Å². The number of carboxylic acid groups (broad SMARTS) is 1. The Morgan fingerprint density at radius 3 is 2.69 bits per heavy atom. The van der Waals surface area contributed by atoms with Crippen LogP contribution in [0, 0.1) is 0 Å². The molecule has 0 amide bonds. The minimum Gasteiger partial charge on any atom is -0.480 e. The third kappa shape index (κ3) is 2.25. The Labute approximate surface area is 95.3 Å². The Kier molecular flexibility index (Phi) is 3.25. The van der Waals surface area contributed by atoms with Crippen LogP contribution in [-0.2, 0) is 11.2 Å². The van der Waals surface area contributed by atoms with Crippen LogP contribution in [0.1, 0.15) is 36.3 Å². The maximum Gasteiger partial charge on any atom is 0.320 e. The number of hydrogen-bond acceptors (Lipinski definition) is 2. The molecule has 0 spiro atoms. The first-order chi connectivity index (χ1) is 7.68. The van der Waals surface area contributed by atoms with Gasteiger partial charge in [-0.25, -0.2) is 0 Å². The highest BCUT2D eigenvalue weighted by Gasteiger charge is 2.23. The van der Waals surface area contributed by atoms with Crippen molar-refractivity contribution >= 4 is 5.97 Å². The Bertz CT molecular complexity index is 385. The molecule has 0 bridgehead atoms. The summed E-state index contributed by atoms with van der Waals surface area (Å²) in [5.41, 5.74) is 7.97. The van der Waals surface area contributed by atoms with E-state index in [0.29, 0.717) is 12.3 Å². The fourth-order valence-electron chi connectivity index (χ4n) is 2.16. The van der Waals surface area contributed by atoms with Crippen LogP contribution in [-0.4, -0.2) is 17.1 Å². The molecule has 1 atom stereocenters. The van der Waals surface area contributed by atoms with Gasteiger partial charge in [0.2, 0.25) is 0 Å². The molecule has 1 unspecified atom stereocenters. The lowest BCUT2D eigenvalue weighted by Crippen LogP contribution is -2.32. The predicted molar refractivity (Wildman–Crippen MR) is 62.3 cm³/mol. The number of carbonyl (C=O) groups is 1. The van der Waals surface area contributed by atoms with Crippen molar-refractivity contribution in [3.05, 3.63) is 35.4 Å². The van der Waals surface area contributed by atoms with Gasteiger partial charge in [0.15, 0.2) is 0 Å². The zero-order chi connectivity index (χ0) is 11.5. The maximum atomic E-state index is 10.7. The van der Waals surface area contributed by atoms with Crippen molar-refractivity contribution < 1.29 is 9.90 Å². The molecule has 0 saturated heterocycles. The molecule has 0 aromatic heterocycles. The number of benzene rings is 1. The first kappa shape index (κ1) is 11.1. The van der Waals surface area contributed by atoms with Gasteiger partial charge >= 0.3 is 5.97 Å². The van der Waals surface area contributed by atoms with Gasteiger partial charge in [-0.05, 0) is 36.3 Å². The van der Waals surface area contributed by atoms with E-state index < -0.39 is 12.0 Å². The summed E-state index contributed by atoms with van der Waals surface area (Å²) in [7, 11) is 0. The van der Waals surface area contributed by atoms with Gasteiger partial charge in [0.1, 0.15) is 6.04 Å². The molecule has 3 nitrogen and oxygen atoms in total. The lowest BCUT2D eigenvalue weighted by molar-refractivity contribution is -0.138. The highest BCUT2D eigenvalue weighted by molar-refractivity contribution is 5.73. The maximum absolute atomic E-state index is 10.7. The molecule has 1 aliphatic rings. The second-order valence-electron chi connectivity index (χ2n) is 4.48. The molecule has 2 rings (SSSR count). The Balaban J connectivity index is 2.16.